The van der Waals surface area contributed by atoms with Gasteiger partial charge >= 0.3 is 0 Å². The van der Waals surface area contributed by atoms with Gasteiger partial charge in [-0.2, -0.15) is 0 Å². The number of benzene rings is 1. The molecular weight excluding hydrogens is 238 g/mol. The second-order valence-electron chi connectivity index (χ2n) is 5.69. The summed E-state index contributed by atoms with van der Waals surface area (Å²) in [5, 5.41) is 3.37. The van der Waals surface area contributed by atoms with Crippen molar-refractivity contribution in [3.63, 3.8) is 0 Å². The summed E-state index contributed by atoms with van der Waals surface area (Å²) < 4.78 is 5.47. The molecule has 1 atom stereocenters. The first kappa shape index (κ1) is 12.7. The summed E-state index contributed by atoms with van der Waals surface area (Å²) in [6.45, 7) is 4.71. The van der Waals surface area contributed by atoms with E-state index in [1.54, 1.807) is 0 Å². The third-order valence-electron chi connectivity index (χ3n) is 4.54. The van der Waals surface area contributed by atoms with Crippen LogP contribution in [0.5, 0.6) is 5.75 Å². The Hall–Kier alpha value is -1.35. The second-order valence-corrected chi connectivity index (χ2v) is 5.69. The van der Waals surface area contributed by atoms with Crippen molar-refractivity contribution >= 4 is 5.78 Å². The number of rotatable bonds is 4. The largest absolute Gasteiger partial charge is 0.494 e. The summed E-state index contributed by atoms with van der Waals surface area (Å²) >= 11 is 0. The van der Waals surface area contributed by atoms with Gasteiger partial charge in [0, 0.05) is 11.5 Å². The van der Waals surface area contributed by atoms with Crippen LogP contribution in [0.15, 0.2) is 24.3 Å². The molecule has 1 spiro atoms. The third kappa shape index (κ3) is 2.39. The maximum Gasteiger partial charge on any atom is 0.166 e. The Kier molecular flexibility index (Phi) is 3.31. The number of ether oxygens (including phenoxy) is 1. The standard InChI is InChI=1S/C16H21NO2/c1-2-19-13-5-3-4-12(10-13)15(18)14-11-16(14)6-8-17-9-7-16/h3-5,10,14,17H,2,6-9,11H2,1H3. The van der Waals surface area contributed by atoms with Gasteiger partial charge in [0.2, 0.25) is 0 Å². The Morgan fingerprint density at radius 1 is 1.42 bits per heavy atom. The molecule has 1 unspecified atom stereocenters. The Morgan fingerprint density at radius 2 is 2.21 bits per heavy atom. The van der Waals surface area contributed by atoms with Gasteiger partial charge in [-0.05, 0) is 56.8 Å². The van der Waals surface area contributed by atoms with Gasteiger partial charge in [0.25, 0.3) is 0 Å². The van der Waals surface area contributed by atoms with Crippen molar-refractivity contribution < 1.29 is 9.53 Å². The zero-order valence-corrected chi connectivity index (χ0v) is 11.4. The molecule has 2 aliphatic rings. The molecule has 0 bridgehead atoms. The molecule has 1 saturated heterocycles. The van der Waals surface area contributed by atoms with Crippen LogP contribution in [-0.4, -0.2) is 25.5 Å². The lowest BCUT2D eigenvalue weighted by Crippen LogP contribution is -2.30. The molecule has 102 valence electrons. The van der Waals surface area contributed by atoms with Gasteiger partial charge in [-0.25, -0.2) is 0 Å². The molecule has 1 N–H and O–H groups in total. The van der Waals surface area contributed by atoms with Crippen molar-refractivity contribution in [1.29, 1.82) is 0 Å². The van der Waals surface area contributed by atoms with Crippen molar-refractivity contribution in [2.24, 2.45) is 11.3 Å². The number of piperidine rings is 1. The number of carbonyl (C=O) groups is 1. The Bertz CT molecular complexity index is 477. The van der Waals surface area contributed by atoms with Crippen molar-refractivity contribution in [3.05, 3.63) is 29.8 Å². The minimum atomic E-state index is 0.242. The molecule has 0 aromatic heterocycles. The SMILES string of the molecule is CCOc1cccc(C(=O)C2CC23CCNCC3)c1. The fourth-order valence-corrected chi connectivity index (χ4v) is 3.30. The lowest BCUT2D eigenvalue weighted by atomic mass is 9.89. The van der Waals surface area contributed by atoms with E-state index in [2.05, 4.69) is 5.32 Å². The highest BCUT2D eigenvalue weighted by Gasteiger charge is 2.57. The van der Waals surface area contributed by atoms with E-state index in [0.717, 1.165) is 43.7 Å². The Morgan fingerprint density at radius 3 is 2.95 bits per heavy atom. The van der Waals surface area contributed by atoms with Crippen molar-refractivity contribution in [1.82, 2.24) is 5.32 Å². The van der Waals surface area contributed by atoms with E-state index in [0.29, 0.717) is 17.8 Å². The van der Waals surface area contributed by atoms with Crippen LogP contribution >= 0.6 is 0 Å². The summed E-state index contributed by atoms with van der Waals surface area (Å²) in [4.78, 5) is 12.6. The predicted molar refractivity (Wildman–Crippen MR) is 74.6 cm³/mol. The van der Waals surface area contributed by atoms with Gasteiger partial charge in [0.15, 0.2) is 5.78 Å². The molecule has 1 aromatic carbocycles. The normalized spacial score (nSPS) is 24.2. The summed E-state index contributed by atoms with van der Waals surface area (Å²) in [7, 11) is 0. The van der Waals surface area contributed by atoms with Crippen molar-refractivity contribution in [2.75, 3.05) is 19.7 Å². The molecule has 3 nitrogen and oxygen atoms in total. The molecular formula is C16H21NO2. The molecule has 1 aliphatic heterocycles. The molecule has 19 heavy (non-hydrogen) atoms. The van der Waals surface area contributed by atoms with Crippen LogP contribution < -0.4 is 10.1 Å². The Balaban J connectivity index is 1.72. The highest BCUT2D eigenvalue weighted by molar-refractivity contribution is 6.00. The van der Waals surface area contributed by atoms with Gasteiger partial charge in [-0.1, -0.05) is 12.1 Å². The fraction of sp³-hybridized carbons (Fsp3) is 0.562. The highest BCUT2D eigenvalue weighted by atomic mass is 16.5. The average molecular weight is 259 g/mol. The first-order valence-corrected chi connectivity index (χ1v) is 7.23. The number of hydrogen-bond donors (Lipinski definition) is 1. The average Bonchev–Trinajstić information content (AvgIpc) is 3.13. The number of hydrogen-bond acceptors (Lipinski definition) is 3. The number of carbonyl (C=O) groups excluding carboxylic acids is 1. The molecule has 2 fully saturated rings. The summed E-state index contributed by atoms with van der Waals surface area (Å²) in [5.74, 6) is 1.35. The molecule has 1 aliphatic carbocycles. The van der Waals surface area contributed by atoms with E-state index in [1.165, 1.54) is 0 Å². The molecule has 3 rings (SSSR count). The molecule has 1 heterocycles. The summed E-state index contributed by atoms with van der Waals surface area (Å²) in [5.41, 5.74) is 1.12. The van der Waals surface area contributed by atoms with Crippen LogP contribution in [0.2, 0.25) is 0 Å². The van der Waals surface area contributed by atoms with Crippen LogP contribution in [0.25, 0.3) is 0 Å². The van der Waals surface area contributed by atoms with E-state index in [-0.39, 0.29) is 5.92 Å². The molecule has 0 amide bonds. The second kappa shape index (κ2) is 4.97. The van der Waals surface area contributed by atoms with Crippen LogP contribution in [0, 0.1) is 11.3 Å². The maximum atomic E-state index is 12.6. The minimum absolute atomic E-state index is 0.242. The minimum Gasteiger partial charge on any atom is -0.494 e. The van der Waals surface area contributed by atoms with Gasteiger partial charge in [-0.15, -0.1) is 0 Å². The maximum absolute atomic E-state index is 12.6. The van der Waals surface area contributed by atoms with Crippen LogP contribution in [0.1, 0.15) is 36.5 Å². The predicted octanol–water partition coefficient (Wildman–Crippen LogP) is 2.66. The first-order valence-electron chi connectivity index (χ1n) is 7.23. The molecule has 1 aromatic rings. The van der Waals surface area contributed by atoms with Gasteiger partial charge in [-0.3, -0.25) is 4.79 Å². The monoisotopic (exact) mass is 259 g/mol. The van der Waals surface area contributed by atoms with E-state index < -0.39 is 0 Å². The zero-order chi connectivity index (χ0) is 13.3. The Labute approximate surface area is 114 Å². The zero-order valence-electron chi connectivity index (χ0n) is 11.4. The number of nitrogens with one attached hydrogen (secondary N) is 1. The van der Waals surface area contributed by atoms with E-state index >= 15 is 0 Å². The number of Topliss-reactive ketones (excluding diaryl/α,β-unsaturated/α-hetero) is 1. The van der Waals surface area contributed by atoms with E-state index in [1.807, 2.05) is 31.2 Å². The molecule has 3 heteroatoms. The topological polar surface area (TPSA) is 38.3 Å². The van der Waals surface area contributed by atoms with Crippen LogP contribution in [0.4, 0.5) is 0 Å². The van der Waals surface area contributed by atoms with E-state index in [9.17, 15) is 4.79 Å². The number of ketones is 1. The highest BCUT2D eigenvalue weighted by Crippen LogP contribution is 2.59. The third-order valence-corrected chi connectivity index (χ3v) is 4.54. The molecule has 0 radical (unpaired) electrons. The summed E-state index contributed by atoms with van der Waals surface area (Å²) in [6, 6.07) is 7.63. The fourth-order valence-electron chi connectivity index (χ4n) is 3.30. The lowest BCUT2D eigenvalue weighted by molar-refractivity contribution is 0.0940. The van der Waals surface area contributed by atoms with Crippen LogP contribution in [-0.2, 0) is 0 Å². The van der Waals surface area contributed by atoms with Crippen molar-refractivity contribution in [3.8, 4) is 5.75 Å². The van der Waals surface area contributed by atoms with E-state index in [4.69, 9.17) is 4.74 Å². The quantitative estimate of drug-likeness (QED) is 0.845. The first-order chi connectivity index (χ1) is 9.25. The summed E-state index contributed by atoms with van der Waals surface area (Å²) in [6.07, 6.45) is 3.37. The van der Waals surface area contributed by atoms with Crippen molar-refractivity contribution in [2.45, 2.75) is 26.2 Å². The van der Waals surface area contributed by atoms with Gasteiger partial charge in [0.05, 0.1) is 6.61 Å². The molecule has 1 saturated carbocycles. The van der Waals surface area contributed by atoms with Crippen LogP contribution in [0.3, 0.4) is 0 Å². The lowest BCUT2D eigenvalue weighted by Gasteiger charge is -2.23. The van der Waals surface area contributed by atoms with Gasteiger partial charge < -0.3 is 10.1 Å². The smallest absolute Gasteiger partial charge is 0.166 e. The van der Waals surface area contributed by atoms with Gasteiger partial charge in [0.1, 0.15) is 5.75 Å².